The Morgan fingerprint density at radius 3 is 1.61 bits per heavy atom. The van der Waals surface area contributed by atoms with E-state index in [4.69, 9.17) is 18.5 Å². The summed E-state index contributed by atoms with van der Waals surface area (Å²) in [7, 11) is -5.02. The number of hydrogen-bond donors (Lipinski definition) is 6. The van der Waals surface area contributed by atoms with Gasteiger partial charge in [-0.3, -0.25) is 13.8 Å². The second-order valence-corrected chi connectivity index (χ2v) is 16.2. The molecule has 0 amide bonds. The third kappa shape index (κ3) is 26.3. The monoisotopic (exact) mass is 817 g/mol. The van der Waals surface area contributed by atoms with Crippen molar-refractivity contribution in [3.8, 4) is 0 Å². The van der Waals surface area contributed by atoms with Crippen molar-refractivity contribution in [2.45, 2.75) is 198 Å². The summed E-state index contributed by atoms with van der Waals surface area (Å²) >= 11 is 0. The molecule has 1 aliphatic carbocycles. The molecule has 0 heterocycles. The molecule has 0 saturated heterocycles. The van der Waals surface area contributed by atoms with Crippen LogP contribution in [0.1, 0.15) is 155 Å². The zero-order chi connectivity index (χ0) is 41.3. The first kappa shape index (κ1) is 52.3. The van der Waals surface area contributed by atoms with Crippen LogP contribution in [0.15, 0.2) is 48.6 Å². The summed E-state index contributed by atoms with van der Waals surface area (Å²) in [5.74, 6) is -0.488. The molecule has 0 aromatic heterocycles. The number of unbranched alkanes of at least 4 members (excludes halogenated alkanes) is 15. The molecule has 12 nitrogen and oxygen atoms in total. The van der Waals surface area contributed by atoms with Gasteiger partial charge < -0.3 is 39.9 Å². The number of phosphoric acid groups is 1. The van der Waals surface area contributed by atoms with Gasteiger partial charge >= 0.3 is 13.8 Å². The van der Waals surface area contributed by atoms with Crippen molar-refractivity contribution in [2.24, 2.45) is 0 Å². The van der Waals surface area contributed by atoms with Crippen LogP contribution >= 0.6 is 7.82 Å². The van der Waals surface area contributed by atoms with Crippen molar-refractivity contribution in [1.29, 1.82) is 0 Å². The Kier molecular flexibility index (Phi) is 31.9. The van der Waals surface area contributed by atoms with Crippen molar-refractivity contribution in [3.05, 3.63) is 48.6 Å². The minimum Gasteiger partial charge on any atom is -0.457 e. The molecule has 0 bridgehead atoms. The van der Waals surface area contributed by atoms with E-state index < -0.39 is 63.1 Å². The van der Waals surface area contributed by atoms with Crippen LogP contribution in [-0.2, 0) is 27.9 Å². The molecule has 0 aromatic carbocycles. The van der Waals surface area contributed by atoms with Gasteiger partial charge in [0.25, 0.3) is 0 Å². The topological polar surface area (TPSA) is 192 Å². The van der Waals surface area contributed by atoms with Gasteiger partial charge in [0.2, 0.25) is 0 Å². The normalized spacial score (nSPS) is 23.5. The maximum Gasteiger partial charge on any atom is 0.472 e. The second kappa shape index (κ2) is 34.2. The molecule has 0 radical (unpaired) electrons. The van der Waals surface area contributed by atoms with Crippen LogP contribution in [0.3, 0.4) is 0 Å². The van der Waals surface area contributed by atoms with Crippen LogP contribution in [0.25, 0.3) is 0 Å². The van der Waals surface area contributed by atoms with E-state index in [1.54, 1.807) is 0 Å². The fourth-order valence-corrected chi connectivity index (χ4v) is 7.26. The zero-order valence-corrected chi connectivity index (χ0v) is 35.3. The van der Waals surface area contributed by atoms with Gasteiger partial charge in [0.15, 0.2) is 0 Å². The molecule has 1 fully saturated rings. The molecule has 1 saturated carbocycles. The highest BCUT2D eigenvalue weighted by Gasteiger charge is 2.51. The molecule has 6 unspecified atom stereocenters. The summed E-state index contributed by atoms with van der Waals surface area (Å²) < 4.78 is 34.1. The van der Waals surface area contributed by atoms with Gasteiger partial charge in [-0.25, -0.2) is 4.57 Å². The van der Waals surface area contributed by atoms with Crippen molar-refractivity contribution in [1.82, 2.24) is 0 Å². The predicted octanol–water partition coefficient (Wildman–Crippen LogP) is 8.08. The number of allylic oxidation sites excluding steroid dienone is 8. The minimum absolute atomic E-state index is 0.0892. The van der Waals surface area contributed by atoms with E-state index in [9.17, 15) is 39.8 Å². The van der Waals surface area contributed by atoms with Gasteiger partial charge in [-0.2, -0.15) is 0 Å². The Hall–Kier alpha value is -1.70. The molecule has 56 heavy (non-hydrogen) atoms. The number of carbonyl (C=O) groups excluding carboxylic acids is 1. The maximum absolute atomic E-state index is 12.8. The predicted molar refractivity (Wildman–Crippen MR) is 221 cm³/mol. The van der Waals surface area contributed by atoms with Gasteiger partial charge in [0.05, 0.1) is 13.2 Å². The Labute approximate surface area is 337 Å². The molecule has 6 N–H and O–H groups in total. The average Bonchev–Trinajstić information content (AvgIpc) is 3.18. The van der Waals surface area contributed by atoms with Crippen molar-refractivity contribution >= 4 is 13.8 Å². The van der Waals surface area contributed by atoms with Crippen molar-refractivity contribution in [2.75, 3.05) is 19.8 Å². The van der Waals surface area contributed by atoms with E-state index in [0.717, 1.165) is 83.5 Å². The van der Waals surface area contributed by atoms with Gasteiger partial charge in [0, 0.05) is 13.0 Å². The lowest BCUT2D eigenvalue weighted by atomic mass is 9.85. The lowest BCUT2D eigenvalue weighted by Crippen LogP contribution is -2.64. The molecule has 0 aromatic rings. The van der Waals surface area contributed by atoms with E-state index in [0.29, 0.717) is 13.0 Å². The summed E-state index contributed by atoms with van der Waals surface area (Å²) in [5.41, 5.74) is 0. The molecule has 0 aliphatic heterocycles. The fraction of sp³-hybridized carbons (Fsp3) is 0.791. The van der Waals surface area contributed by atoms with Crippen LogP contribution in [0.4, 0.5) is 0 Å². The number of carbonyl (C=O) groups is 1. The summed E-state index contributed by atoms with van der Waals surface area (Å²) in [4.78, 5) is 23.1. The highest BCUT2D eigenvalue weighted by molar-refractivity contribution is 7.47. The van der Waals surface area contributed by atoms with Gasteiger partial charge in [-0.15, -0.1) is 0 Å². The van der Waals surface area contributed by atoms with Gasteiger partial charge in [-0.1, -0.05) is 146 Å². The maximum atomic E-state index is 12.8. The van der Waals surface area contributed by atoms with Crippen molar-refractivity contribution in [3.63, 3.8) is 0 Å². The number of hydrogen-bond acceptors (Lipinski definition) is 11. The summed E-state index contributed by atoms with van der Waals surface area (Å²) in [6.07, 6.45) is 27.6. The Morgan fingerprint density at radius 2 is 1.05 bits per heavy atom. The van der Waals surface area contributed by atoms with Crippen LogP contribution in [0.5, 0.6) is 0 Å². The SMILES string of the molecule is CC/C=C\C/C=C\C/C=C\C/C=C\CCCCCCCOCC(COP(=O)(O)OC1C(O)C(O)C(O)C(O)C1O)OC(=O)CCCCCCCCCCCCC. The molecule has 1 aliphatic rings. The number of rotatable bonds is 35. The molecule has 1 rings (SSSR count). The molecular weight excluding hydrogens is 739 g/mol. The summed E-state index contributed by atoms with van der Waals surface area (Å²) in [6.45, 7) is 4.08. The van der Waals surface area contributed by atoms with E-state index in [2.05, 4.69) is 62.5 Å². The molecular formula is C43H77O12P. The number of esters is 1. The first-order valence-electron chi connectivity index (χ1n) is 21.5. The molecule has 13 heteroatoms. The fourth-order valence-electron chi connectivity index (χ4n) is 6.29. The quantitative estimate of drug-likeness (QED) is 0.0156. The van der Waals surface area contributed by atoms with E-state index in [1.165, 1.54) is 44.9 Å². The van der Waals surface area contributed by atoms with Crippen LogP contribution in [-0.4, -0.2) is 98.9 Å². The average molecular weight is 817 g/mol. The number of ether oxygens (including phenoxy) is 2. The lowest BCUT2D eigenvalue weighted by Gasteiger charge is -2.41. The third-order valence-corrected chi connectivity index (χ3v) is 10.7. The Balaban J connectivity index is 2.43. The van der Waals surface area contributed by atoms with Crippen LogP contribution in [0.2, 0.25) is 0 Å². The number of phosphoric ester groups is 1. The van der Waals surface area contributed by atoms with E-state index in [-0.39, 0.29) is 13.0 Å². The number of aliphatic hydroxyl groups is 5. The molecule has 326 valence electrons. The Morgan fingerprint density at radius 1 is 0.589 bits per heavy atom. The van der Waals surface area contributed by atoms with E-state index >= 15 is 0 Å². The highest BCUT2D eigenvalue weighted by Crippen LogP contribution is 2.47. The molecule has 6 atom stereocenters. The Bertz CT molecular complexity index is 1110. The van der Waals surface area contributed by atoms with Crippen molar-refractivity contribution < 1.29 is 58.3 Å². The highest BCUT2D eigenvalue weighted by atomic mass is 31.2. The first-order chi connectivity index (χ1) is 27.0. The summed E-state index contributed by atoms with van der Waals surface area (Å²) in [5, 5.41) is 50.1. The van der Waals surface area contributed by atoms with Gasteiger partial charge in [-0.05, 0) is 51.4 Å². The lowest BCUT2D eigenvalue weighted by molar-refractivity contribution is -0.220. The smallest absolute Gasteiger partial charge is 0.457 e. The van der Waals surface area contributed by atoms with Gasteiger partial charge in [0.1, 0.15) is 42.7 Å². The minimum atomic E-state index is -5.02. The largest absolute Gasteiger partial charge is 0.472 e. The number of aliphatic hydroxyl groups excluding tert-OH is 5. The van der Waals surface area contributed by atoms with Crippen LogP contribution < -0.4 is 0 Å². The molecule has 0 spiro atoms. The summed E-state index contributed by atoms with van der Waals surface area (Å²) in [6, 6.07) is 0. The van der Waals surface area contributed by atoms with E-state index in [1.807, 2.05) is 0 Å². The standard InChI is InChI=1S/C43H77O12P/c1-3-5-7-9-11-13-15-16-17-18-19-20-21-23-25-27-29-31-33-52-34-36(54-37(44)32-30-28-26-24-22-14-12-10-8-6-4-2)35-53-56(50,51)55-43-41(48)39(46)38(45)40(47)42(43)49/h5,7,11,13,16-17,19-20,36,38-43,45-49H,3-4,6,8-10,12,14-15,18,21-35H2,1-2H3,(H,50,51)/b7-5-,13-11-,17-16-,20-19-. The third-order valence-electron chi connectivity index (χ3n) is 9.72. The zero-order valence-electron chi connectivity index (χ0n) is 34.4. The second-order valence-electron chi connectivity index (χ2n) is 14.8. The van der Waals surface area contributed by atoms with Crippen LogP contribution in [0, 0.1) is 0 Å². The first-order valence-corrected chi connectivity index (χ1v) is 23.0.